The first-order valence-corrected chi connectivity index (χ1v) is 10.9. The number of ether oxygens (including phenoxy) is 1. The Balaban J connectivity index is 1.74. The summed E-state index contributed by atoms with van der Waals surface area (Å²) in [5.74, 6) is 0.800. The molecule has 3 N–H and O–H groups in total. The highest BCUT2D eigenvalue weighted by Gasteiger charge is 2.38. The van der Waals surface area contributed by atoms with E-state index in [1.165, 1.54) is 0 Å². The van der Waals surface area contributed by atoms with Crippen LogP contribution in [0.5, 0.6) is 11.5 Å². The molecule has 1 aliphatic heterocycles. The fourth-order valence-corrected chi connectivity index (χ4v) is 5.15. The molecule has 0 spiro atoms. The van der Waals surface area contributed by atoms with Gasteiger partial charge in [0.2, 0.25) is 0 Å². The fourth-order valence-electron chi connectivity index (χ4n) is 4.69. The second-order valence-electron chi connectivity index (χ2n) is 9.40. The van der Waals surface area contributed by atoms with Gasteiger partial charge in [0.25, 0.3) is 5.91 Å². The van der Waals surface area contributed by atoms with E-state index in [2.05, 4.69) is 48.9 Å². The van der Waals surface area contributed by atoms with Gasteiger partial charge in [0.05, 0.1) is 10.0 Å². The van der Waals surface area contributed by atoms with Crippen molar-refractivity contribution in [2.24, 2.45) is 11.7 Å². The van der Waals surface area contributed by atoms with Gasteiger partial charge in [0.15, 0.2) is 5.78 Å². The number of carbonyl (C=O) groups is 2. The van der Waals surface area contributed by atoms with Crippen LogP contribution >= 0.6 is 15.9 Å². The lowest BCUT2D eigenvalue weighted by Crippen LogP contribution is -2.57. The number of rotatable bonds is 6. The summed E-state index contributed by atoms with van der Waals surface area (Å²) in [6.45, 7) is 8.77. The van der Waals surface area contributed by atoms with E-state index in [4.69, 9.17) is 10.5 Å². The smallest absolute Gasteiger partial charge is 0.252 e. The van der Waals surface area contributed by atoms with E-state index in [0.717, 1.165) is 12.8 Å². The number of piperidine rings is 1. The Morgan fingerprint density at radius 3 is 2.30 bits per heavy atom. The van der Waals surface area contributed by atoms with Crippen molar-refractivity contribution in [1.29, 1.82) is 0 Å². The Labute approximate surface area is 186 Å². The molecule has 1 saturated heterocycles. The number of benzene rings is 2. The number of hydrogen-bond donors (Lipinski definition) is 2. The highest BCUT2D eigenvalue weighted by atomic mass is 79.9. The van der Waals surface area contributed by atoms with Gasteiger partial charge in [-0.2, -0.15) is 0 Å². The lowest BCUT2D eigenvalue weighted by molar-refractivity contribution is 0.0863. The number of nitrogens with one attached hydrogen (secondary N) is 1. The Bertz CT molecular complexity index is 953. The SMILES string of the molecule is CC1(C)CC(CC(=O)c2ccc(Oc3ccccc3C(N)=O)c(Br)c2)CC(C)(C)N1. The van der Waals surface area contributed by atoms with Crippen LogP contribution in [0.15, 0.2) is 46.9 Å². The summed E-state index contributed by atoms with van der Waals surface area (Å²) < 4.78 is 6.53. The molecular formula is C24H29BrN2O3. The summed E-state index contributed by atoms with van der Waals surface area (Å²) in [6, 6.07) is 12.1. The number of carbonyl (C=O) groups excluding carboxylic acids is 2. The minimum Gasteiger partial charge on any atom is -0.455 e. The lowest BCUT2D eigenvalue weighted by atomic mass is 9.74. The van der Waals surface area contributed by atoms with Crippen LogP contribution in [0.2, 0.25) is 0 Å². The number of amides is 1. The van der Waals surface area contributed by atoms with Crippen LogP contribution in [0, 0.1) is 5.92 Å². The largest absolute Gasteiger partial charge is 0.455 e. The maximum absolute atomic E-state index is 13.0. The molecule has 6 heteroatoms. The van der Waals surface area contributed by atoms with E-state index in [1.54, 1.807) is 42.5 Å². The summed E-state index contributed by atoms with van der Waals surface area (Å²) in [4.78, 5) is 24.6. The van der Waals surface area contributed by atoms with Crippen molar-refractivity contribution in [2.75, 3.05) is 0 Å². The van der Waals surface area contributed by atoms with E-state index in [0.29, 0.717) is 39.4 Å². The van der Waals surface area contributed by atoms with Gasteiger partial charge in [-0.1, -0.05) is 12.1 Å². The average molecular weight is 473 g/mol. The molecule has 1 aliphatic rings. The predicted molar refractivity (Wildman–Crippen MR) is 122 cm³/mol. The number of Topliss-reactive ketones (excluding diaryl/α,β-unsaturated/α-hetero) is 1. The van der Waals surface area contributed by atoms with Crippen LogP contribution in [0.4, 0.5) is 0 Å². The molecule has 5 nitrogen and oxygen atoms in total. The molecular weight excluding hydrogens is 444 g/mol. The number of primary amides is 1. The highest BCUT2D eigenvalue weighted by molar-refractivity contribution is 9.10. The maximum atomic E-state index is 13.0. The molecule has 1 fully saturated rings. The normalized spacial score (nSPS) is 18.0. The average Bonchev–Trinajstić information content (AvgIpc) is 2.60. The first-order chi connectivity index (χ1) is 14.0. The van der Waals surface area contributed by atoms with Crippen molar-refractivity contribution in [3.05, 3.63) is 58.1 Å². The summed E-state index contributed by atoms with van der Waals surface area (Å²) in [5.41, 5.74) is 6.39. The van der Waals surface area contributed by atoms with Gasteiger partial charge in [-0.05, 0) is 92.7 Å². The molecule has 1 heterocycles. The van der Waals surface area contributed by atoms with Crippen molar-refractivity contribution < 1.29 is 14.3 Å². The number of ketones is 1. The first kappa shape index (κ1) is 22.5. The molecule has 0 unspecified atom stereocenters. The van der Waals surface area contributed by atoms with Gasteiger partial charge >= 0.3 is 0 Å². The second-order valence-corrected chi connectivity index (χ2v) is 10.3. The van der Waals surface area contributed by atoms with Crippen molar-refractivity contribution in [1.82, 2.24) is 5.32 Å². The Morgan fingerprint density at radius 1 is 1.07 bits per heavy atom. The third-order valence-corrected chi connectivity index (χ3v) is 5.99. The number of hydrogen-bond acceptors (Lipinski definition) is 4. The van der Waals surface area contributed by atoms with E-state index < -0.39 is 5.91 Å². The summed E-state index contributed by atoms with van der Waals surface area (Å²) in [7, 11) is 0. The minimum atomic E-state index is -0.554. The summed E-state index contributed by atoms with van der Waals surface area (Å²) >= 11 is 3.49. The molecule has 3 rings (SSSR count). The summed E-state index contributed by atoms with van der Waals surface area (Å²) in [5, 5.41) is 3.66. The zero-order valence-electron chi connectivity index (χ0n) is 17.9. The van der Waals surface area contributed by atoms with Gasteiger partial charge in [0.1, 0.15) is 11.5 Å². The Kier molecular flexibility index (Phi) is 6.39. The van der Waals surface area contributed by atoms with Crippen LogP contribution in [-0.2, 0) is 0 Å². The third-order valence-electron chi connectivity index (χ3n) is 5.38. The van der Waals surface area contributed by atoms with Gasteiger partial charge in [0, 0.05) is 23.1 Å². The van der Waals surface area contributed by atoms with E-state index >= 15 is 0 Å². The molecule has 0 bridgehead atoms. The van der Waals surface area contributed by atoms with Gasteiger partial charge in [-0.15, -0.1) is 0 Å². The molecule has 0 atom stereocenters. The number of para-hydroxylation sites is 1. The van der Waals surface area contributed by atoms with Crippen molar-refractivity contribution in [3.63, 3.8) is 0 Å². The Morgan fingerprint density at radius 2 is 1.70 bits per heavy atom. The molecule has 0 aliphatic carbocycles. The Hall–Kier alpha value is -2.18. The number of halogens is 1. The van der Waals surface area contributed by atoms with Gasteiger partial charge in [-0.25, -0.2) is 0 Å². The van der Waals surface area contributed by atoms with E-state index in [9.17, 15) is 9.59 Å². The van der Waals surface area contributed by atoms with Gasteiger partial charge in [-0.3, -0.25) is 9.59 Å². The fraction of sp³-hybridized carbons (Fsp3) is 0.417. The van der Waals surface area contributed by atoms with Crippen LogP contribution in [0.25, 0.3) is 0 Å². The molecule has 2 aromatic carbocycles. The molecule has 30 heavy (non-hydrogen) atoms. The number of nitrogens with two attached hydrogens (primary N) is 1. The van der Waals surface area contributed by atoms with Crippen LogP contribution in [0.1, 0.15) is 67.7 Å². The second kappa shape index (κ2) is 8.52. The van der Waals surface area contributed by atoms with Crippen molar-refractivity contribution >= 4 is 27.6 Å². The van der Waals surface area contributed by atoms with Crippen molar-refractivity contribution in [2.45, 2.75) is 58.0 Å². The predicted octanol–water partition coefficient (Wildman–Crippen LogP) is 5.47. The van der Waals surface area contributed by atoms with E-state index in [1.807, 2.05) is 0 Å². The maximum Gasteiger partial charge on any atom is 0.252 e. The molecule has 1 amide bonds. The molecule has 2 aromatic rings. The monoisotopic (exact) mass is 472 g/mol. The van der Waals surface area contributed by atoms with E-state index in [-0.39, 0.29) is 16.9 Å². The summed E-state index contributed by atoms with van der Waals surface area (Å²) in [6.07, 6.45) is 2.45. The van der Waals surface area contributed by atoms with Crippen LogP contribution in [0.3, 0.4) is 0 Å². The van der Waals surface area contributed by atoms with Crippen LogP contribution in [-0.4, -0.2) is 22.8 Å². The lowest BCUT2D eigenvalue weighted by Gasteiger charge is -2.46. The first-order valence-electron chi connectivity index (χ1n) is 10.1. The zero-order chi connectivity index (χ0) is 22.1. The topological polar surface area (TPSA) is 81.4 Å². The zero-order valence-corrected chi connectivity index (χ0v) is 19.5. The minimum absolute atomic E-state index is 0.0127. The van der Waals surface area contributed by atoms with Gasteiger partial charge < -0.3 is 15.8 Å². The molecule has 0 saturated carbocycles. The standard InChI is InChI=1S/C24H29BrN2O3/c1-23(2)13-15(14-24(3,4)27-23)11-19(28)16-9-10-21(18(25)12-16)30-20-8-6-5-7-17(20)22(26)29/h5-10,12,15,27H,11,13-14H2,1-4H3,(H2,26,29). The van der Waals surface area contributed by atoms with Crippen LogP contribution < -0.4 is 15.8 Å². The quantitative estimate of drug-likeness (QED) is 0.546. The highest BCUT2D eigenvalue weighted by Crippen LogP contribution is 2.36. The molecule has 0 radical (unpaired) electrons. The third kappa shape index (κ3) is 5.49. The van der Waals surface area contributed by atoms with Crippen molar-refractivity contribution in [3.8, 4) is 11.5 Å². The molecule has 160 valence electrons. The molecule has 0 aromatic heterocycles.